The Morgan fingerprint density at radius 2 is 1.65 bits per heavy atom. The van der Waals surface area contributed by atoms with Gasteiger partial charge >= 0.3 is 6.18 Å². The molecular formula is C21H23F3N2O4S. The van der Waals surface area contributed by atoms with Gasteiger partial charge in [-0.2, -0.15) is 17.5 Å². The third-order valence-corrected chi connectivity index (χ3v) is 6.97. The summed E-state index contributed by atoms with van der Waals surface area (Å²) < 4.78 is 69.6. The number of piperidine rings is 1. The van der Waals surface area contributed by atoms with E-state index in [2.05, 4.69) is 5.32 Å². The van der Waals surface area contributed by atoms with E-state index in [1.54, 1.807) is 30.3 Å². The van der Waals surface area contributed by atoms with Gasteiger partial charge in [0, 0.05) is 19.0 Å². The first-order valence-corrected chi connectivity index (χ1v) is 11.2. The van der Waals surface area contributed by atoms with Crippen molar-refractivity contribution in [3.05, 3.63) is 60.2 Å². The summed E-state index contributed by atoms with van der Waals surface area (Å²) in [5.74, 6) is -0.206. The highest BCUT2D eigenvalue weighted by molar-refractivity contribution is 7.89. The number of nitrogens with zero attached hydrogens (tertiary/aromatic N) is 1. The molecule has 2 aromatic rings. The maximum atomic E-state index is 12.6. The van der Waals surface area contributed by atoms with Gasteiger partial charge in [0.15, 0.2) is 0 Å². The van der Waals surface area contributed by atoms with Crippen LogP contribution in [0.15, 0.2) is 59.5 Å². The van der Waals surface area contributed by atoms with Gasteiger partial charge in [-0.1, -0.05) is 18.2 Å². The Balaban J connectivity index is 1.40. The molecule has 1 fully saturated rings. The van der Waals surface area contributed by atoms with Crippen molar-refractivity contribution in [2.45, 2.75) is 23.9 Å². The minimum absolute atomic E-state index is 0.109. The van der Waals surface area contributed by atoms with Crippen LogP contribution in [0.4, 0.5) is 13.2 Å². The third kappa shape index (κ3) is 5.98. The Morgan fingerprint density at radius 1 is 1.03 bits per heavy atom. The van der Waals surface area contributed by atoms with E-state index in [1.165, 1.54) is 16.4 Å². The zero-order valence-corrected chi connectivity index (χ0v) is 17.5. The number of hydrogen-bond acceptors (Lipinski definition) is 4. The van der Waals surface area contributed by atoms with E-state index in [0.29, 0.717) is 12.8 Å². The van der Waals surface area contributed by atoms with Gasteiger partial charge in [-0.3, -0.25) is 4.79 Å². The zero-order valence-electron chi connectivity index (χ0n) is 16.6. The van der Waals surface area contributed by atoms with Crippen LogP contribution >= 0.6 is 0 Å². The van der Waals surface area contributed by atoms with Gasteiger partial charge in [0.1, 0.15) is 12.4 Å². The van der Waals surface area contributed by atoms with Crippen LogP contribution in [0.5, 0.6) is 5.75 Å². The van der Waals surface area contributed by atoms with E-state index in [0.717, 1.165) is 12.1 Å². The number of carbonyl (C=O) groups is 1. The van der Waals surface area contributed by atoms with Crippen molar-refractivity contribution in [3.63, 3.8) is 0 Å². The molecule has 0 unspecified atom stereocenters. The summed E-state index contributed by atoms with van der Waals surface area (Å²) in [6.45, 7) is 0.829. The minimum atomic E-state index is -4.40. The Morgan fingerprint density at radius 3 is 2.23 bits per heavy atom. The predicted octanol–water partition coefficient (Wildman–Crippen LogP) is 3.30. The van der Waals surface area contributed by atoms with Crippen molar-refractivity contribution >= 4 is 15.9 Å². The molecule has 0 aliphatic carbocycles. The average Bonchev–Trinajstić information content (AvgIpc) is 2.77. The summed E-state index contributed by atoms with van der Waals surface area (Å²) >= 11 is 0. The van der Waals surface area contributed by atoms with E-state index >= 15 is 0 Å². The Labute approximate surface area is 179 Å². The molecule has 2 aromatic carbocycles. The van der Waals surface area contributed by atoms with E-state index in [-0.39, 0.29) is 48.7 Å². The quantitative estimate of drug-likeness (QED) is 0.649. The maximum absolute atomic E-state index is 12.6. The summed E-state index contributed by atoms with van der Waals surface area (Å²) in [6, 6.07) is 12.5. The van der Waals surface area contributed by atoms with Gasteiger partial charge in [-0.05, 0) is 49.2 Å². The summed E-state index contributed by atoms with van der Waals surface area (Å²) in [6.07, 6.45) is -3.57. The maximum Gasteiger partial charge on any atom is 0.416 e. The number of carbonyl (C=O) groups excluding carboxylic acids is 1. The lowest BCUT2D eigenvalue weighted by Gasteiger charge is -2.30. The van der Waals surface area contributed by atoms with Gasteiger partial charge in [0.25, 0.3) is 0 Å². The van der Waals surface area contributed by atoms with E-state index in [1.807, 2.05) is 0 Å². The fourth-order valence-corrected chi connectivity index (χ4v) is 4.82. The predicted molar refractivity (Wildman–Crippen MR) is 108 cm³/mol. The van der Waals surface area contributed by atoms with Crippen LogP contribution in [-0.4, -0.2) is 44.9 Å². The Kier molecular flexibility index (Phi) is 7.22. The molecule has 31 heavy (non-hydrogen) atoms. The van der Waals surface area contributed by atoms with Crippen LogP contribution in [0.1, 0.15) is 18.4 Å². The van der Waals surface area contributed by atoms with E-state index < -0.39 is 21.8 Å². The number of nitrogens with one attached hydrogen (secondary N) is 1. The smallest absolute Gasteiger partial charge is 0.416 e. The van der Waals surface area contributed by atoms with E-state index in [9.17, 15) is 26.4 Å². The third-order valence-electron chi connectivity index (χ3n) is 5.06. The second-order valence-electron chi connectivity index (χ2n) is 7.15. The number of hydrogen-bond donors (Lipinski definition) is 1. The lowest BCUT2D eigenvalue weighted by molar-refractivity contribution is -0.137. The molecule has 168 valence electrons. The molecule has 0 atom stereocenters. The van der Waals surface area contributed by atoms with Gasteiger partial charge in [-0.25, -0.2) is 8.42 Å². The monoisotopic (exact) mass is 456 g/mol. The summed E-state index contributed by atoms with van der Waals surface area (Å²) in [5.41, 5.74) is -0.756. The first-order chi connectivity index (χ1) is 14.7. The highest BCUT2D eigenvalue weighted by Gasteiger charge is 2.32. The SMILES string of the molecule is O=C(NCCOc1ccc(C(F)(F)F)cc1)C1CCN(S(=O)(=O)c2ccccc2)CC1. The molecule has 0 aromatic heterocycles. The molecule has 1 heterocycles. The molecule has 1 aliphatic rings. The minimum Gasteiger partial charge on any atom is -0.492 e. The molecule has 0 saturated carbocycles. The van der Waals surface area contributed by atoms with Crippen LogP contribution in [-0.2, 0) is 21.0 Å². The first-order valence-electron chi connectivity index (χ1n) is 9.81. The summed E-state index contributed by atoms with van der Waals surface area (Å²) in [7, 11) is -3.56. The normalized spacial score (nSPS) is 16.1. The largest absolute Gasteiger partial charge is 0.492 e. The average molecular weight is 456 g/mol. The summed E-state index contributed by atoms with van der Waals surface area (Å²) in [5, 5.41) is 2.73. The number of amides is 1. The molecule has 1 aliphatic heterocycles. The molecule has 10 heteroatoms. The molecular weight excluding hydrogens is 433 g/mol. The van der Waals surface area contributed by atoms with Gasteiger partial charge in [0.2, 0.25) is 15.9 Å². The first kappa shape index (κ1) is 23.1. The number of sulfonamides is 1. The fraction of sp³-hybridized carbons (Fsp3) is 0.381. The van der Waals surface area contributed by atoms with Crippen LogP contribution in [0.2, 0.25) is 0 Å². The fourth-order valence-electron chi connectivity index (χ4n) is 3.33. The van der Waals surface area contributed by atoms with Gasteiger partial charge in [-0.15, -0.1) is 0 Å². The van der Waals surface area contributed by atoms with Gasteiger partial charge in [0.05, 0.1) is 17.0 Å². The number of ether oxygens (including phenoxy) is 1. The van der Waals surface area contributed by atoms with Gasteiger partial charge < -0.3 is 10.1 Å². The van der Waals surface area contributed by atoms with Crippen LogP contribution in [0.3, 0.4) is 0 Å². The van der Waals surface area contributed by atoms with Crippen molar-refractivity contribution < 1.29 is 31.1 Å². The van der Waals surface area contributed by atoms with Crippen molar-refractivity contribution in [2.24, 2.45) is 5.92 Å². The molecule has 0 radical (unpaired) electrons. The van der Waals surface area contributed by atoms with Crippen molar-refractivity contribution in [3.8, 4) is 5.75 Å². The van der Waals surface area contributed by atoms with Crippen LogP contribution in [0, 0.1) is 5.92 Å². The standard InChI is InChI=1S/C21H23F3N2O4S/c22-21(23,24)17-6-8-18(9-7-17)30-15-12-25-20(27)16-10-13-26(14-11-16)31(28,29)19-4-2-1-3-5-19/h1-9,16H,10-15H2,(H,25,27). The lowest BCUT2D eigenvalue weighted by atomic mass is 9.97. The highest BCUT2D eigenvalue weighted by atomic mass is 32.2. The molecule has 1 amide bonds. The molecule has 0 spiro atoms. The van der Waals surface area contributed by atoms with Crippen molar-refractivity contribution in [1.82, 2.24) is 9.62 Å². The van der Waals surface area contributed by atoms with Crippen LogP contribution in [0.25, 0.3) is 0 Å². The number of rotatable bonds is 7. The Bertz CT molecular complexity index is 972. The Hall–Kier alpha value is -2.59. The lowest BCUT2D eigenvalue weighted by Crippen LogP contribution is -2.43. The second-order valence-corrected chi connectivity index (χ2v) is 9.09. The number of benzene rings is 2. The number of halogens is 3. The highest BCUT2D eigenvalue weighted by Crippen LogP contribution is 2.30. The van der Waals surface area contributed by atoms with E-state index in [4.69, 9.17) is 4.74 Å². The van der Waals surface area contributed by atoms with Crippen molar-refractivity contribution in [2.75, 3.05) is 26.2 Å². The molecule has 3 rings (SSSR count). The second kappa shape index (κ2) is 9.69. The number of alkyl halides is 3. The zero-order chi connectivity index (χ0) is 22.5. The topological polar surface area (TPSA) is 75.7 Å². The molecule has 6 nitrogen and oxygen atoms in total. The summed E-state index contributed by atoms with van der Waals surface area (Å²) in [4.78, 5) is 12.6. The molecule has 1 saturated heterocycles. The van der Waals surface area contributed by atoms with Crippen LogP contribution < -0.4 is 10.1 Å². The van der Waals surface area contributed by atoms with Crippen molar-refractivity contribution in [1.29, 1.82) is 0 Å². The molecule has 1 N–H and O–H groups in total. The molecule has 0 bridgehead atoms.